The first kappa shape index (κ1) is 25.8. The summed E-state index contributed by atoms with van der Waals surface area (Å²) in [4.78, 5) is 12.1. The maximum Gasteiger partial charge on any atom is 0.456 e. The molecule has 4 aliphatic carbocycles. The van der Waals surface area contributed by atoms with E-state index in [2.05, 4.69) is 11.8 Å². The summed E-state index contributed by atoms with van der Waals surface area (Å²) in [5, 5.41) is 18.4. The molecule has 3 nitrogen and oxygen atoms in total. The highest BCUT2D eigenvalue weighted by Crippen LogP contribution is 2.70. The van der Waals surface area contributed by atoms with Gasteiger partial charge >= 0.3 is 12.1 Å². The molecule has 0 aromatic heterocycles. The number of allylic oxidation sites excluding steroid dienone is 4. The van der Waals surface area contributed by atoms with E-state index in [1.807, 2.05) is 0 Å². The fourth-order valence-corrected chi connectivity index (χ4v) is 7.63. The van der Waals surface area contributed by atoms with Gasteiger partial charge in [-0.05, 0) is 85.3 Å². The molecule has 0 spiro atoms. The molecule has 5 rings (SSSR count). The van der Waals surface area contributed by atoms with Crippen LogP contribution in [0.4, 0.5) is 22.0 Å². The van der Waals surface area contributed by atoms with E-state index in [9.17, 15) is 23.1 Å². The zero-order valence-corrected chi connectivity index (χ0v) is 20.4. The summed E-state index contributed by atoms with van der Waals surface area (Å²) in [6.45, 7) is 1.42. The van der Waals surface area contributed by atoms with E-state index >= 15 is 8.78 Å². The fraction of sp³-hybridized carbons (Fsp3) is 0.517. The average molecular weight is 518 g/mol. The Kier molecular flexibility index (Phi) is 6.02. The summed E-state index contributed by atoms with van der Waals surface area (Å²) in [5.74, 6) is -1.10. The fourth-order valence-electron chi connectivity index (χ4n) is 7.63. The summed E-state index contributed by atoms with van der Waals surface area (Å²) >= 11 is 0. The SMILES string of the molecule is C[C@]12C[C@H](c3ccc(C#CC=N)cc3)C3=C4CCC(=O)C=C4CCC3C1CC[C@@]2(O)C(F)(F)C(F)(F)F. The molecule has 2 unspecified atom stereocenters. The van der Waals surface area contributed by atoms with E-state index in [-0.39, 0.29) is 24.5 Å². The van der Waals surface area contributed by atoms with Crippen molar-refractivity contribution in [2.24, 2.45) is 17.3 Å². The molecule has 37 heavy (non-hydrogen) atoms. The van der Waals surface area contributed by atoms with Gasteiger partial charge in [-0.25, -0.2) is 0 Å². The average Bonchev–Trinajstić information content (AvgIpc) is 3.13. The Morgan fingerprint density at radius 2 is 1.78 bits per heavy atom. The number of nitrogens with one attached hydrogen (secondary N) is 1. The van der Waals surface area contributed by atoms with Crippen molar-refractivity contribution in [2.45, 2.75) is 75.5 Å². The van der Waals surface area contributed by atoms with Gasteiger partial charge in [-0.2, -0.15) is 22.0 Å². The standard InChI is InChI=1S/C29H28F5NO2/c1-26-16-23(18-6-4-17(5-7-18)3-2-14-35)25-21-11-9-20(36)15-19(21)8-10-22(25)24(26)12-13-27(26,37)28(30,31)29(32,33)34/h4-7,14-15,22-24,35,37H,8-13,16H2,1H3/t22?,23-,24?,26+,27+/m1/s1. The van der Waals surface area contributed by atoms with Crippen LogP contribution in [0, 0.1) is 34.5 Å². The Morgan fingerprint density at radius 1 is 1.08 bits per heavy atom. The predicted octanol–water partition coefficient (Wildman–Crippen LogP) is 6.52. The zero-order valence-electron chi connectivity index (χ0n) is 20.4. The van der Waals surface area contributed by atoms with Gasteiger partial charge in [0.1, 0.15) is 5.60 Å². The van der Waals surface area contributed by atoms with E-state index in [4.69, 9.17) is 5.41 Å². The number of fused-ring (bicyclic) bond motifs is 4. The van der Waals surface area contributed by atoms with Crippen LogP contribution in [0.5, 0.6) is 0 Å². The first-order valence-electron chi connectivity index (χ1n) is 12.6. The molecule has 8 heteroatoms. The van der Waals surface area contributed by atoms with E-state index in [1.165, 1.54) is 6.92 Å². The summed E-state index contributed by atoms with van der Waals surface area (Å²) in [5.41, 5.74) is -0.469. The first-order chi connectivity index (χ1) is 17.3. The van der Waals surface area contributed by atoms with Gasteiger partial charge in [0.05, 0.1) is 6.21 Å². The molecule has 5 atom stereocenters. The second kappa shape index (κ2) is 8.62. The second-order valence-corrected chi connectivity index (χ2v) is 11.0. The number of hydrogen-bond acceptors (Lipinski definition) is 3. The molecule has 1 aromatic carbocycles. The minimum Gasteiger partial charge on any atom is -0.383 e. The maximum atomic E-state index is 15.0. The number of aliphatic hydroxyl groups is 1. The molecule has 0 bridgehead atoms. The molecule has 4 aliphatic rings. The summed E-state index contributed by atoms with van der Waals surface area (Å²) in [6.07, 6.45) is -1.83. The highest BCUT2D eigenvalue weighted by atomic mass is 19.4. The highest BCUT2D eigenvalue weighted by molar-refractivity contribution is 5.93. The number of rotatable bonds is 2. The molecule has 1 aromatic rings. The van der Waals surface area contributed by atoms with Crippen LogP contribution in [-0.4, -0.2) is 34.8 Å². The minimum atomic E-state index is -5.87. The third-order valence-electron chi connectivity index (χ3n) is 9.36. The lowest BCUT2D eigenvalue weighted by molar-refractivity contribution is -0.362. The van der Waals surface area contributed by atoms with Crippen molar-refractivity contribution in [1.29, 1.82) is 5.41 Å². The predicted molar refractivity (Wildman–Crippen MR) is 128 cm³/mol. The third-order valence-corrected chi connectivity index (χ3v) is 9.36. The van der Waals surface area contributed by atoms with Crippen LogP contribution in [0.3, 0.4) is 0 Å². The molecule has 2 saturated carbocycles. The Bertz CT molecular complexity index is 1270. The molecule has 2 fully saturated rings. The number of ketones is 1. The van der Waals surface area contributed by atoms with Crippen molar-refractivity contribution in [3.8, 4) is 11.8 Å². The quantitative estimate of drug-likeness (QED) is 0.267. The van der Waals surface area contributed by atoms with Crippen LogP contribution in [0.2, 0.25) is 0 Å². The van der Waals surface area contributed by atoms with E-state index in [0.29, 0.717) is 31.2 Å². The molecule has 196 valence electrons. The summed E-state index contributed by atoms with van der Waals surface area (Å²) in [6, 6.07) is 7.09. The van der Waals surface area contributed by atoms with Gasteiger partial charge in [0.15, 0.2) is 5.78 Å². The minimum absolute atomic E-state index is 0.0455. The maximum absolute atomic E-state index is 15.0. The Balaban J connectivity index is 1.67. The molecule has 0 radical (unpaired) electrons. The molecular weight excluding hydrogens is 489 g/mol. The molecule has 2 N–H and O–H groups in total. The van der Waals surface area contributed by atoms with Crippen LogP contribution in [-0.2, 0) is 4.79 Å². The number of carbonyl (C=O) groups excluding carboxylic acids is 1. The molecule has 0 heterocycles. The van der Waals surface area contributed by atoms with Crippen LogP contribution in [0.1, 0.15) is 68.9 Å². The van der Waals surface area contributed by atoms with Crippen LogP contribution >= 0.6 is 0 Å². The first-order valence-corrected chi connectivity index (χ1v) is 12.6. The van der Waals surface area contributed by atoms with Crippen molar-refractivity contribution in [1.82, 2.24) is 0 Å². The zero-order chi connectivity index (χ0) is 26.8. The summed E-state index contributed by atoms with van der Waals surface area (Å²) < 4.78 is 70.9. The largest absolute Gasteiger partial charge is 0.456 e. The van der Waals surface area contributed by atoms with Crippen LogP contribution < -0.4 is 0 Å². The number of hydrogen-bond donors (Lipinski definition) is 2. The van der Waals surface area contributed by atoms with Crippen molar-refractivity contribution in [2.75, 3.05) is 0 Å². The van der Waals surface area contributed by atoms with Crippen molar-refractivity contribution < 1.29 is 31.9 Å². The van der Waals surface area contributed by atoms with E-state index in [1.54, 1.807) is 30.3 Å². The lowest BCUT2D eigenvalue weighted by atomic mass is 9.50. The smallest absolute Gasteiger partial charge is 0.383 e. The van der Waals surface area contributed by atoms with Gasteiger partial charge in [0.2, 0.25) is 0 Å². The van der Waals surface area contributed by atoms with Gasteiger partial charge in [-0.1, -0.05) is 36.5 Å². The molecule has 0 amide bonds. The lowest BCUT2D eigenvalue weighted by Crippen LogP contribution is -2.65. The molecular formula is C29H28F5NO2. The Hall–Kier alpha value is -2.79. The topological polar surface area (TPSA) is 61.2 Å². The number of benzene rings is 1. The van der Waals surface area contributed by atoms with Gasteiger partial charge in [0.25, 0.3) is 0 Å². The second-order valence-electron chi connectivity index (χ2n) is 11.0. The van der Waals surface area contributed by atoms with Gasteiger partial charge in [0, 0.05) is 23.3 Å². The number of alkyl halides is 5. The lowest BCUT2D eigenvalue weighted by Gasteiger charge is -2.56. The van der Waals surface area contributed by atoms with Crippen LogP contribution in [0.15, 0.2) is 47.1 Å². The number of carbonyl (C=O) groups is 1. The molecule has 0 aliphatic heterocycles. The Morgan fingerprint density at radius 3 is 2.43 bits per heavy atom. The normalized spacial score (nSPS) is 33.5. The van der Waals surface area contributed by atoms with E-state index in [0.717, 1.165) is 28.5 Å². The highest BCUT2D eigenvalue weighted by Gasteiger charge is 2.79. The Labute approximate surface area is 212 Å². The van der Waals surface area contributed by atoms with Gasteiger partial charge in [-0.15, -0.1) is 0 Å². The van der Waals surface area contributed by atoms with E-state index < -0.39 is 41.4 Å². The van der Waals surface area contributed by atoms with Crippen molar-refractivity contribution in [3.63, 3.8) is 0 Å². The van der Waals surface area contributed by atoms with Crippen LogP contribution in [0.25, 0.3) is 0 Å². The van der Waals surface area contributed by atoms with Crippen molar-refractivity contribution in [3.05, 3.63) is 58.2 Å². The number of halogens is 5. The van der Waals surface area contributed by atoms with Crippen molar-refractivity contribution >= 4 is 12.0 Å². The third kappa shape index (κ3) is 3.72. The summed E-state index contributed by atoms with van der Waals surface area (Å²) in [7, 11) is 0. The van der Waals surface area contributed by atoms with Gasteiger partial charge < -0.3 is 5.11 Å². The molecule has 0 saturated heterocycles. The monoisotopic (exact) mass is 517 g/mol. The van der Waals surface area contributed by atoms with Gasteiger partial charge in [-0.3, -0.25) is 10.2 Å².